The summed E-state index contributed by atoms with van der Waals surface area (Å²) in [6.07, 6.45) is 6.24. The van der Waals surface area contributed by atoms with Crippen molar-refractivity contribution >= 4 is 34.3 Å². The zero-order chi connectivity index (χ0) is 24.8. The van der Waals surface area contributed by atoms with Crippen LogP contribution in [0.15, 0.2) is 67.5 Å². The molecule has 34 heavy (non-hydrogen) atoms. The normalized spacial score (nSPS) is 11.8. The van der Waals surface area contributed by atoms with Crippen LogP contribution in [0.2, 0.25) is 0 Å². The lowest BCUT2D eigenvalue weighted by atomic mass is 10.1. The highest BCUT2D eigenvalue weighted by Gasteiger charge is 2.22. The van der Waals surface area contributed by atoms with Crippen LogP contribution in [0, 0.1) is 13.8 Å². The van der Waals surface area contributed by atoms with Gasteiger partial charge in [-0.05, 0) is 68.0 Å². The third-order valence-corrected chi connectivity index (χ3v) is 5.72. The Hall–Kier alpha value is -3.52. The molecule has 0 saturated heterocycles. The van der Waals surface area contributed by atoms with Gasteiger partial charge in [0.1, 0.15) is 5.75 Å². The molecule has 1 aromatic carbocycles. The topological polar surface area (TPSA) is 53.1 Å². The highest BCUT2D eigenvalue weighted by Crippen LogP contribution is 2.24. The van der Waals surface area contributed by atoms with Crippen LogP contribution < -0.4 is 19.7 Å². The van der Waals surface area contributed by atoms with Gasteiger partial charge in [-0.15, -0.1) is 6.58 Å². The zero-order valence-corrected chi connectivity index (χ0v) is 20.2. The van der Waals surface area contributed by atoms with Crippen molar-refractivity contribution in [3.63, 3.8) is 0 Å². The number of halogens is 2. The molecule has 0 unspecified atom stereocenters. The Bertz CT molecular complexity index is 1220. The first kappa shape index (κ1) is 25.1. The largest absolute Gasteiger partial charge is 0.867 e. The van der Waals surface area contributed by atoms with Crippen LogP contribution in [0.1, 0.15) is 29.4 Å². The van der Waals surface area contributed by atoms with Gasteiger partial charge in [0, 0.05) is 35.2 Å². The van der Waals surface area contributed by atoms with Gasteiger partial charge in [-0.3, -0.25) is 0 Å². The van der Waals surface area contributed by atoms with E-state index < -0.39 is 6.61 Å². The third kappa shape index (κ3) is 5.69. The second-order valence-corrected chi connectivity index (χ2v) is 8.10. The van der Waals surface area contributed by atoms with E-state index in [9.17, 15) is 13.9 Å². The molecule has 0 bridgehead atoms. The smallest absolute Gasteiger partial charge is 0.387 e. The molecule has 0 radical (unpaired) electrons. The number of nitrogens with zero attached hydrogens (tertiary/aromatic N) is 2. The lowest BCUT2D eigenvalue weighted by Crippen LogP contribution is -2.40. The molecule has 0 spiro atoms. The van der Waals surface area contributed by atoms with Crippen molar-refractivity contribution < 1.29 is 23.2 Å². The number of hydrogen-bond acceptors (Lipinski definition) is 3. The number of aryl methyl sites for hydroxylation is 2. The number of ether oxygens (including phenoxy) is 1. The van der Waals surface area contributed by atoms with E-state index in [4.69, 9.17) is 12.2 Å². The summed E-state index contributed by atoms with van der Waals surface area (Å²) < 4.78 is 33.0. The molecule has 8 heteroatoms. The van der Waals surface area contributed by atoms with Gasteiger partial charge in [-0.25, -0.2) is 0 Å². The van der Waals surface area contributed by atoms with Crippen molar-refractivity contribution in [2.24, 2.45) is 0 Å². The number of pyridine rings is 1. The Morgan fingerprint density at radius 2 is 1.97 bits per heavy atom. The number of alkyl halides is 2. The van der Waals surface area contributed by atoms with Crippen LogP contribution in [0.3, 0.4) is 0 Å². The summed E-state index contributed by atoms with van der Waals surface area (Å²) in [4.78, 5) is 0.208. The van der Waals surface area contributed by atoms with Gasteiger partial charge < -0.3 is 19.7 Å². The summed E-state index contributed by atoms with van der Waals surface area (Å²) in [6, 6.07) is 11.6. The standard InChI is InChI=1S/C26H27F2N3O2S/c1-5-13-31-17(3)15-22(18(31)4)24(32)23(30-14-7-8-19(6-2)16-30)25(34)29-20-9-11-21(12-10-20)33-26(27)28/h5,7-12,14-16,26H,1,6,13H2,2-4H3,(H-,29,32,34). The minimum absolute atomic E-state index is 0.0337. The van der Waals surface area contributed by atoms with Crippen LogP contribution in [-0.4, -0.2) is 16.2 Å². The molecule has 178 valence electrons. The van der Waals surface area contributed by atoms with Crippen molar-refractivity contribution in [2.75, 3.05) is 5.32 Å². The van der Waals surface area contributed by atoms with E-state index in [1.165, 1.54) is 12.1 Å². The first-order valence-corrected chi connectivity index (χ1v) is 11.2. The van der Waals surface area contributed by atoms with Gasteiger partial charge in [-0.2, -0.15) is 13.3 Å². The fourth-order valence-electron chi connectivity index (χ4n) is 3.69. The Kier molecular flexibility index (Phi) is 8.17. The number of hydrogen-bond donors (Lipinski definition) is 1. The molecule has 0 aliphatic carbocycles. The minimum Gasteiger partial charge on any atom is -0.867 e. The lowest BCUT2D eigenvalue weighted by Gasteiger charge is -2.18. The SMILES string of the molecule is C=CCn1c(C)cc(/C([O-])=C(/C(=S)Nc2ccc(OC(F)F)cc2)[n+]2cccc(CC)c2)c1C. The van der Waals surface area contributed by atoms with Crippen molar-refractivity contribution in [1.82, 2.24) is 4.57 Å². The van der Waals surface area contributed by atoms with Crippen molar-refractivity contribution in [3.8, 4) is 5.75 Å². The van der Waals surface area contributed by atoms with Gasteiger partial charge in [0.05, 0.1) is 0 Å². The number of anilines is 1. The van der Waals surface area contributed by atoms with Gasteiger partial charge in [-0.1, -0.05) is 25.2 Å². The molecule has 0 amide bonds. The van der Waals surface area contributed by atoms with Crippen molar-refractivity contribution in [1.29, 1.82) is 0 Å². The van der Waals surface area contributed by atoms with Gasteiger partial charge in [0.25, 0.3) is 0 Å². The summed E-state index contributed by atoms with van der Waals surface area (Å²) in [5.41, 5.74) is 4.19. The predicted octanol–water partition coefficient (Wildman–Crippen LogP) is 4.87. The van der Waals surface area contributed by atoms with Crippen molar-refractivity contribution in [3.05, 3.63) is 90.0 Å². The number of benzene rings is 1. The monoisotopic (exact) mass is 483 g/mol. The number of aromatic nitrogens is 2. The quantitative estimate of drug-likeness (QED) is 0.155. The summed E-state index contributed by atoms with van der Waals surface area (Å²) in [5.74, 6) is -0.191. The molecule has 1 N–H and O–H groups in total. The first-order valence-electron chi connectivity index (χ1n) is 10.8. The van der Waals surface area contributed by atoms with Crippen LogP contribution >= 0.6 is 12.2 Å². The molecule has 0 fully saturated rings. The van der Waals surface area contributed by atoms with E-state index >= 15 is 0 Å². The Balaban J connectivity index is 2.06. The molecule has 0 saturated carbocycles. The van der Waals surface area contributed by atoms with Crippen molar-refractivity contribution in [2.45, 2.75) is 40.3 Å². The number of rotatable bonds is 9. The molecule has 0 atom stereocenters. The van der Waals surface area contributed by atoms with Gasteiger partial charge >= 0.3 is 6.61 Å². The average molecular weight is 484 g/mol. The highest BCUT2D eigenvalue weighted by atomic mass is 32.1. The lowest BCUT2D eigenvalue weighted by molar-refractivity contribution is -0.578. The number of nitrogens with one attached hydrogen (secondary N) is 1. The maximum absolute atomic E-state index is 13.8. The van der Waals surface area contributed by atoms with Crippen LogP contribution in [0.4, 0.5) is 14.5 Å². The number of thiocarbonyl (C=S) groups is 1. The van der Waals surface area contributed by atoms with E-state index in [0.717, 1.165) is 23.4 Å². The Labute approximate surface area is 203 Å². The molecule has 0 aliphatic heterocycles. The second-order valence-electron chi connectivity index (χ2n) is 7.69. The Morgan fingerprint density at radius 1 is 1.26 bits per heavy atom. The summed E-state index contributed by atoms with van der Waals surface area (Å²) in [6.45, 7) is 7.35. The van der Waals surface area contributed by atoms with Crippen LogP contribution in [0.25, 0.3) is 11.5 Å². The maximum Gasteiger partial charge on any atom is 0.387 e. The third-order valence-electron chi connectivity index (χ3n) is 5.43. The minimum atomic E-state index is -2.90. The van der Waals surface area contributed by atoms with Crippen LogP contribution in [0.5, 0.6) is 5.75 Å². The molecule has 5 nitrogen and oxygen atoms in total. The maximum atomic E-state index is 13.8. The van der Waals surface area contributed by atoms with E-state index in [1.54, 1.807) is 29.0 Å². The van der Waals surface area contributed by atoms with Crippen LogP contribution in [-0.2, 0) is 13.0 Å². The molecular formula is C26H27F2N3O2S. The van der Waals surface area contributed by atoms with E-state index in [2.05, 4.69) is 16.6 Å². The molecule has 2 heterocycles. The summed E-state index contributed by atoms with van der Waals surface area (Å²) in [7, 11) is 0. The molecule has 3 aromatic rings. The fraction of sp³-hybridized carbons (Fsp3) is 0.231. The van der Waals surface area contributed by atoms with E-state index in [-0.39, 0.29) is 22.2 Å². The second kappa shape index (κ2) is 11.1. The van der Waals surface area contributed by atoms with Gasteiger partial charge in [0.2, 0.25) is 5.70 Å². The predicted molar refractivity (Wildman–Crippen MR) is 133 cm³/mol. The molecular weight excluding hydrogens is 456 g/mol. The number of allylic oxidation sites excluding steroid dienone is 1. The zero-order valence-electron chi connectivity index (χ0n) is 19.3. The molecule has 3 rings (SSSR count). The van der Waals surface area contributed by atoms with E-state index in [1.807, 2.05) is 49.7 Å². The average Bonchev–Trinajstić information content (AvgIpc) is 3.09. The van der Waals surface area contributed by atoms with E-state index in [0.29, 0.717) is 17.8 Å². The highest BCUT2D eigenvalue weighted by molar-refractivity contribution is 7.81. The Morgan fingerprint density at radius 3 is 2.59 bits per heavy atom. The fourth-order valence-corrected chi connectivity index (χ4v) is 4.00. The van der Waals surface area contributed by atoms with Gasteiger partial charge in [0.15, 0.2) is 17.4 Å². The molecule has 2 aromatic heterocycles. The summed E-state index contributed by atoms with van der Waals surface area (Å²) in [5, 5.41) is 16.9. The first-order chi connectivity index (χ1) is 16.2. The molecule has 0 aliphatic rings. The summed E-state index contributed by atoms with van der Waals surface area (Å²) >= 11 is 5.67.